The molecule has 1 aromatic carbocycles. The first-order valence-electron chi connectivity index (χ1n) is 7.75. The minimum atomic E-state index is -0.448. The van der Waals surface area contributed by atoms with Crippen LogP contribution in [0.1, 0.15) is 32.1 Å². The normalized spacial score (nSPS) is 27.7. The molecule has 1 heterocycles. The van der Waals surface area contributed by atoms with Gasteiger partial charge in [-0.15, -0.1) is 0 Å². The highest BCUT2D eigenvalue weighted by atomic mass is 19.1. The SMILES string of the molecule is O=C(CC1NNC(=O)C2CCCCC12)Nc1ccccc1F. The Morgan fingerprint density at radius 3 is 2.86 bits per heavy atom. The number of hydrogen-bond acceptors (Lipinski definition) is 3. The number of hydrogen-bond donors (Lipinski definition) is 3. The van der Waals surface area contributed by atoms with E-state index in [9.17, 15) is 14.0 Å². The molecular formula is C16H20FN3O2. The fraction of sp³-hybridized carbons (Fsp3) is 0.500. The predicted molar refractivity (Wildman–Crippen MR) is 80.2 cm³/mol. The van der Waals surface area contributed by atoms with E-state index in [1.54, 1.807) is 12.1 Å². The number of carbonyl (C=O) groups excluding carboxylic acids is 2. The molecule has 2 aliphatic rings. The van der Waals surface area contributed by atoms with Crippen LogP contribution in [0.2, 0.25) is 0 Å². The summed E-state index contributed by atoms with van der Waals surface area (Å²) in [7, 11) is 0. The molecule has 2 amide bonds. The molecule has 6 heteroatoms. The maximum absolute atomic E-state index is 13.6. The smallest absolute Gasteiger partial charge is 0.237 e. The van der Waals surface area contributed by atoms with E-state index in [2.05, 4.69) is 16.2 Å². The Balaban J connectivity index is 1.63. The number of fused-ring (bicyclic) bond motifs is 1. The Kier molecular flexibility index (Phi) is 4.38. The van der Waals surface area contributed by atoms with Gasteiger partial charge in [-0.05, 0) is 30.9 Å². The first-order valence-corrected chi connectivity index (χ1v) is 7.75. The molecule has 1 aromatic rings. The maximum atomic E-state index is 13.6. The van der Waals surface area contributed by atoms with Gasteiger partial charge in [0.1, 0.15) is 5.82 Å². The van der Waals surface area contributed by atoms with E-state index in [4.69, 9.17) is 0 Å². The number of benzene rings is 1. The summed E-state index contributed by atoms with van der Waals surface area (Å²) >= 11 is 0. The molecule has 0 spiro atoms. The molecule has 1 saturated heterocycles. The molecule has 1 saturated carbocycles. The molecule has 3 atom stereocenters. The number of anilines is 1. The zero-order valence-electron chi connectivity index (χ0n) is 12.3. The molecule has 2 fully saturated rings. The monoisotopic (exact) mass is 305 g/mol. The van der Waals surface area contributed by atoms with E-state index in [0.29, 0.717) is 0 Å². The molecule has 3 N–H and O–H groups in total. The van der Waals surface area contributed by atoms with Crippen molar-refractivity contribution in [2.45, 2.75) is 38.1 Å². The van der Waals surface area contributed by atoms with Gasteiger partial charge < -0.3 is 5.32 Å². The van der Waals surface area contributed by atoms with Gasteiger partial charge in [-0.1, -0.05) is 25.0 Å². The van der Waals surface area contributed by atoms with Crippen LogP contribution in [-0.4, -0.2) is 17.9 Å². The average Bonchev–Trinajstić information content (AvgIpc) is 2.53. The Labute approximate surface area is 128 Å². The molecule has 0 radical (unpaired) electrons. The van der Waals surface area contributed by atoms with Crippen molar-refractivity contribution >= 4 is 17.5 Å². The van der Waals surface area contributed by atoms with E-state index >= 15 is 0 Å². The van der Waals surface area contributed by atoms with Crippen LogP contribution in [0.3, 0.4) is 0 Å². The molecule has 118 valence electrons. The van der Waals surface area contributed by atoms with Crippen molar-refractivity contribution < 1.29 is 14.0 Å². The van der Waals surface area contributed by atoms with Crippen molar-refractivity contribution in [3.05, 3.63) is 30.1 Å². The summed E-state index contributed by atoms with van der Waals surface area (Å²) in [5.74, 6) is -0.509. The van der Waals surface area contributed by atoms with Gasteiger partial charge in [0.25, 0.3) is 0 Å². The zero-order valence-corrected chi connectivity index (χ0v) is 12.3. The lowest BCUT2D eigenvalue weighted by Crippen LogP contribution is -2.60. The first kappa shape index (κ1) is 15.0. The third-order valence-electron chi connectivity index (χ3n) is 4.61. The van der Waals surface area contributed by atoms with E-state index in [-0.39, 0.29) is 41.8 Å². The van der Waals surface area contributed by atoms with E-state index in [1.165, 1.54) is 12.1 Å². The summed E-state index contributed by atoms with van der Waals surface area (Å²) in [4.78, 5) is 24.0. The second kappa shape index (κ2) is 6.44. The number of carbonyl (C=O) groups is 2. The van der Waals surface area contributed by atoms with Crippen molar-refractivity contribution in [2.75, 3.05) is 5.32 Å². The van der Waals surface area contributed by atoms with E-state index in [0.717, 1.165) is 25.7 Å². The van der Waals surface area contributed by atoms with Crippen LogP contribution in [0.4, 0.5) is 10.1 Å². The Bertz CT molecular complexity index is 578. The lowest BCUT2D eigenvalue weighted by Gasteiger charge is -2.40. The number of halogens is 1. The minimum Gasteiger partial charge on any atom is -0.324 e. The largest absolute Gasteiger partial charge is 0.324 e. The van der Waals surface area contributed by atoms with Crippen LogP contribution in [0.5, 0.6) is 0 Å². The van der Waals surface area contributed by atoms with E-state index < -0.39 is 5.82 Å². The van der Waals surface area contributed by atoms with Gasteiger partial charge >= 0.3 is 0 Å². The quantitative estimate of drug-likeness (QED) is 0.799. The summed E-state index contributed by atoms with van der Waals surface area (Å²) in [5.41, 5.74) is 5.80. The van der Waals surface area contributed by atoms with Gasteiger partial charge in [0.15, 0.2) is 0 Å². The van der Waals surface area contributed by atoms with Crippen LogP contribution in [0.15, 0.2) is 24.3 Å². The zero-order chi connectivity index (χ0) is 15.5. The third kappa shape index (κ3) is 3.11. The molecule has 1 aliphatic carbocycles. The molecule has 5 nitrogen and oxygen atoms in total. The molecule has 22 heavy (non-hydrogen) atoms. The van der Waals surface area contributed by atoms with Gasteiger partial charge in [0.05, 0.1) is 5.69 Å². The lowest BCUT2D eigenvalue weighted by molar-refractivity contribution is -0.134. The summed E-state index contributed by atoms with van der Waals surface area (Å²) < 4.78 is 13.6. The van der Waals surface area contributed by atoms with Crippen LogP contribution in [0.25, 0.3) is 0 Å². The van der Waals surface area contributed by atoms with Crippen molar-refractivity contribution in [2.24, 2.45) is 11.8 Å². The lowest BCUT2D eigenvalue weighted by atomic mass is 9.73. The molecule has 0 bridgehead atoms. The minimum absolute atomic E-state index is 0.0127. The number of rotatable bonds is 3. The van der Waals surface area contributed by atoms with Gasteiger partial charge in [-0.3, -0.25) is 15.0 Å². The van der Waals surface area contributed by atoms with E-state index in [1.807, 2.05) is 0 Å². The number of nitrogens with one attached hydrogen (secondary N) is 3. The van der Waals surface area contributed by atoms with Crippen LogP contribution < -0.4 is 16.2 Å². The van der Waals surface area contributed by atoms with Crippen molar-refractivity contribution in [1.82, 2.24) is 10.9 Å². The summed E-state index contributed by atoms with van der Waals surface area (Å²) in [6, 6.07) is 6.00. The molecule has 0 aromatic heterocycles. The standard InChI is InChI=1S/C16H20FN3O2/c17-12-7-3-4-8-13(12)18-15(21)9-14-10-5-1-2-6-11(10)16(22)20-19-14/h3-4,7-8,10-11,14,19H,1-2,5-6,9H2,(H,18,21)(H,20,22). The van der Waals surface area contributed by atoms with Gasteiger partial charge in [-0.2, -0.15) is 0 Å². The highest BCUT2D eigenvalue weighted by Gasteiger charge is 2.40. The first-order chi connectivity index (χ1) is 10.6. The van der Waals surface area contributed by atoms with Crippen molar-refractivity contribution in [1.29, 1.82) is 0 Å². The van der Waals surface area contributed by atoms with Crippen molar-refractivity contribution in [3.63, 3.8) is 0 Å². The fourth-order valence-electron chi connectivity index (χ4n) is 3.50. The van der Waals surface area contributed by atoms with Gasteiger partial charge in [-0.25, -0.2) is 9.82 Å². The summed E-state index contributed by atoms with van der Waals surface area (Å²) in [6.07, 6.45) is 4.19. The highest BCUT2D eigenvalue weighted by molar-refractivity contribution is 5.91. The molecular weight excluding hydrogens is 285 g/mol. The number of para-hydroxylation sites is 1. The molecule has 1 aliphatic heterocycles. The molecule has 3 rings (SSSR count). The second-order valence-corrected chi connectivity index (χ2v) is 6.03. The van der Waals surface area contributed by atoms with Crippen LogP contribution in [0, 0.1) is 17.7 Å². The van der Waals surface area contributed by atoms with Gasteiger partial charge in [0, 0.05) is 18.4 Å². The molecule has 3 unspecified atom stereocenters. The Morgan fingerprint density at radius 2 is 2.05 bits per heavy atom. The third-order valence-corrected chi connectivity index (χ3v) is 4.61. The fourth-order valence-corrected chi connectivity index (χ4v) is 3.50. The van der Waals surface area contributed by atoms with Crippen LogP contribution >= 0.6 is 0 Å². The summed E-state index contributed by atoms with van der Waals surface area (Å²) in [6.45, 7) is 0. The number of amides is 2. The summed E-state index contributed by atoms with van der Waals surface area (Å²) in [5, 5.41) is 2.60. The Hall–Kier alpha value is -1.95. The van der Waals surface area contributed by atoms with Crippen LogP contribution in [-0.2, 0) is 9.59 Å². The average molecular weight is 305 g/mol. The second-order valence-electron chi connectivity index (χ2n) is 6.03. The van der Waals surface area contributed by atoms with Crippen molar-refractivity contribution in [3.8, 4) is 0 Å². The topological polar surface area (TPSA) is 70.2 Å². The Morgan fingerprint density at radius 1 is 1.27 bits per heavy atom. The maximum Gasteiger partial charge on any atom is 0.237 e. The highest BCUT2D eigenvalue weighted by Crippen LogP contribution is 2.35. The predicted octanol–water partition coefficient (Wildman–Crippen LogP) is 1.96. The van der Waals surface area contributed by atoms with Gasteiger partial charge in [0.2, 0.25) is 11.8 Å². The number of hydrazine groups is 1.